The van der Waals surface area contributed by atoms with E-state index in [4.69, 9.17) is 15.2 Å². The fourth-order valence-corrected chi connectivity index (χ4v) is 2.86. The van der Waals surface area contributed by atoms with Gasteiger partial charge in [-0.05, 0) is 47.5 Å². The van der Waals surface area contributed by atoms with Crippen LogP contribution in [-0.2, 0) is 9.59 Å². The summed E-state index contributed by atoms with van der Waals surface area (Å²) in [5.41, 5.74) is 6.58. The second-order valence-corrected chi connectivity index (χ2v) is 6.47. The highest BCUT2D eigenvalue weighted by atomic mass is 16.5. The number of primary amides is 1. The van der Waals surface area contributed by atoms with E-state index in [1.165, 1.54) is 0 Å². The Morgan fingerprint density at radius 1 is 1.00 bits per heavy atom. The van der Waals surface area contributed by atoms with Gasteiger partial charge in [0.05, 0.1) is 13.0 Å². The minimum atomic E-state index is -0.558. The van der Waals surface area contributed by atoms with Crippen LogP contribution in [-0.4, -0.2) is 25.5 Å². The number of benzene rings is 3. The minimum Gasteiger partial charge on any atom is -0.497 e. The molecule has 3 rings (SSSR count). The van der Waals surface area contributed by atoms with Gasteiger partial charge < -0.3 is 20.5 Å². The van der Waals surface area contributed by atoms with E-state index < -0.39 is 5.91 Å². The summed E-state index contributed by atoms with van der Waals surface area (Å²) in [6.45, 7) is 1.64. The summed E-state index contributed by atoms with van der Waals surface area (Å²) in [6, 6.07) is 18.6. The first-order valence-electron chi connectivity index (χ1n) is 8.86. The molecule has 1 atom stereocenters. The number of nitrogens with two attached hydrogens (primary N) is 1. The zero-order valence-electron chi connectivity index (χ0n) is 15.8. The SMILES string of the molecule is COc1ccc2cc([C@H](C)C(=O)Nc3cccc(OCC(N)=O)c3)ccc2c1. The maximum Gasteiger partial charge on any atom is 0.255 e. The predicted molar refractivity (Wildman–Crippen MR) is 109 cm³/mol. The Labute approximate surface area is 163 Å². The van der Waals surface area contributed by atoms with Crippen molar-refractivity contribution in [2.45, 2.75) is 12.8 Å². The van der Waals surface area contributed by atoms with Gasteiger partial charge in [0.15, 0.2) is 6.61 Å². The lowest BCUT2D eigenvalue weighted by molar-refractivity contribution is -0.120. The fraction of sp³-hybridized carbons (Fsp3) is 0.182. The predicted octanol–water partition coefficient (Wildman–Crippen LogP) is 3.45. The molecule has 6 heteroatoms. The van der Waals surface area contributed by atoms with Crippen molar-refractivity contribution >= 4 is 28.3 Å². The van der Waals surface area contributed by atoms with Crippen molar-refractivity contribution in [2.75, 3.05) is 19.0 Å². The van der Waals surface area contributed by atoms with Gasteiger partial charge in [-0.15, -0.1) is 0 Å². The Hall–Kier alpha value is -3.54. The number of ether oxygens (including phenoxy) is 2. The molecule has 3 N–H and O–H groups in total. The van der Waals surface area contributed by atoms with Crippen LogP contribution in [0.15, 0.2) is 60.7 Å². The second-order valence-electron chi connectivity index (χ2n) is 6.47. The van der Waals surface area contributed by atoms with Crippen molar-refractivity contribution in [1.82, 2.24) is 0 Å². The van der Waals surface area contributed by atoms with Crippen molar-refractivity contribution in [1.29, 1.82) is 0 Å². The molecule has 0 radical (unpaired) electrons. The average molecular weight is 378 g/mol. The molecule has 0 aromatic heterocycles. The quantitative estimate of drug-likeness (QED) is 0.659. The summed E-state index contributed by atoms with van der Waals surface area (Å²) in [7, 11) is 1.63. The first-order valence-corrected chi connectivity index (χ1v) is 8.86. The molecule has 0 bridgehead atoms. The van der Waals surface area contributed by atoms with Crippen LogP contribution in [0.4, 0.5) is 5.69 Å². The molecule has 3 aromatic carbocycles. The first kappa shape index (κ1) is 19.2. The molecule has 2 amide bonds. The highest BCUT2D eigenvalue weighted by molar-refractivity contribution is 5.96. The van der Waals surface area contributed by atoms with Crippen LogP contribution in [0.2, 0.25) is 0 Å². The maximum absolute atomic E-state index is 12.7. The van der Waals surface area contributed by atoms with E-state index in [1.54, 1.807) is 31.4 Å². The summed E-state index contributed by atoms with van der Waals surface area (Å²) < 4.78 is 10.5. The summed E-state index contributed by atoms with van der Waals surface area (Å²) >= 11 is 0. The van der Waals surface area contributed by atoms with E-state index in [0.29, 0.717) is 11.4 Å². The number of methoxy groups -OCH3 is 1. The fourth-order valence-electron chi connectivity index (χ4n) is 2.86. The summed E-state index contributed by atoms with van der Waals surface area (Å²) in [4.78, 5) is 23.5. The van der Waals surface area contributed by atoms with Gasteiger partial charge in [0.25, 0.3) is 5.91 Å². The van der Waals surface area contributed by atoms with Gasteiger partial charge in [-0.3, -0.25) is 9.59 Å². The lowest BCUT2D eigenvalue weighted by atomic mass is 9.97. The van der Waals surface area contributed by atoms with E-state index in [-0.39, 0.29) is 18.4 Å². The highest BCUT2D eigenvalue weighted by Gasteiger charge is 2.16. The molecule has 0 fully saturated rings. The molecular formula is C22H22N2O4. The number of rotatable bonds is 7. The van der Waals surface area contributed by atoms with Gasteiger partial charge in [0.2, 0.25) is 5.91 Å². The van der Waals surface area contributed by atoms with Crippen LogP contribution >= 0.6 is 0 Å². The van der Waals surface area contributed by atoms with Crippen LogP contribution in [0.3, 0.4) is 0 Å². The Bertz CT molecular complexity index is 1020. The summed E-state index contributed by atoms with van der Waals surface area (Å²) in [5, 5.41) is 4.97. The zero-order valence-corrected chi connectivity index (χ0v) is 15.8. The largest absolute Gasteiger partial charge is 0.497 e. The Morgan fingerprint density at radius 3 is 2.50 bits per heavy atom. The third kappa shape index (κ3) is 4.59. The smallest absolute Gasteiger partial charge is 0.255 e. The second kappa shape index (κ2) is 8.43. The minimum absolute atomic E-state index is 0.139. The number of nitrogens with one attached hydrogen (secondary N) is 1. The molecule has 0 aliphatic heterocycles. The number of amides is 2. The van der Waals surface area contributed by atoms with Gasteiger partial charge in [0.1, 0.15) is 11.5 Å². The molecule has 0 saturated heterocycles. The number of hydrogen-bond acceptors (Lipinski definition) is 4. The van der Waals surface area contributed by atoms with Crippen LogP contribution in [0.25, 0.3) is 10.8 Å². The van der Waals surface area contributed by atoms with Gasteiger partial charge >= 0.3 is 0 Å². The number of anilines is 1. The molecule has 144 valence electrons. The number of hydrogen-bond donors (Lipinski definition) is 2. The Kier molecular flexibility index (Phi) is 5.79. The van der Waals surface area contributed by atoms with Crippen molar-refractivity contribution in [3.8, 4) is 11.5 Å². The molecule has 6 nitrogen and oxygen atoms in total. The first-order chi connectivity index (χ1) is 13.5. The van der Waals surface area contributed by atoms with Crippen molar-refractivity contribution in [3.63, 3.8) is 0 Å². The van der Waals surface area contributed by atoms with Crippen LogP contribution < -0.4 is 20.5 Å². The maximum atomic E-state index is 12.7. The van der Waals surface area contributed by atoms with Crippen LogP contribution in [0, 0.1) is 0 Å². The third-order valence-corrected chi connectivity index (χ3v) is 4.45. The zero-order chi connectivity index (χ0) is 20.1. The molecule has 0 aliphatic rings. The van der Waals surface area contributed by atoms with E-state index in [1.807, 2.05) is 43.3 Å². The molecule has 28 heavy (non-hydrogen) atoms. The molecule has 0 heterocycles. The van der Waals surface area contributed by atoms with Gasteiger partial charge in [-0.25, -0.2) is 0 Å². The summed E-state index contributed by atoms with van der Waals surface area (Å²) in [5.74, 6) is 0.215. The molecular weight excluding hydrogens is 356 g/mol. The standard InChI is InChI=1S/C22H22N2O4/c1-14(15-6-7-17-11-19(27-2)9-8-16(17)10-15)22(26)24-18-4-3-5-20(12-18)28-13-21(23)25/h3-12,14H,13H2,1-2H3,(H2,23,25)(H,24,26)/t14-/m0/s1. The lowest BCUT2D eigenvalue weighted by Crippen LogP contribution is -2.20. The number of carbonyl (C=O) groups is 2. The topological polar surface area (TPSA) is 90.7 Å². The third-order valence-electron chi connectivity index (χ3n) is 4.45. The molecule has 0 spiro atoms. The Morgan fingerprint density at radius 2 is 1.75 bits per heavy atom. The van der Waals surface area contributed by atoms with E-state index in [2.05, 4.69) is 5.32 Å². The van der Waals surface area contributed by atoms with Gasteiger partial charge in [-0.1, -0.05) is 30.3 Å². The highest BCUT2D eigenvalue weighted by Crippen LogP contribution is 2.26. The lowest BCUT2D eigenvalue weighted by Gasteiger charge is -2.14. The van der Waals surface area contributed by atoms with Crippen molar-refractivity contribution in [3.05, 3.63) is 66.2 Å². The van der Waals surface area contributed by atoms with Gasteiger partial charge in [-0.2, -0.15) is 0 Å². The number of fused-ring (bicyclic) bond motifs is 1. The molecule has 3 aromatic rings. The molecule has 0 unspecified atom stereocenters. The molecule has 0 aliphatic carbocycles. The van der Waals surface area contributed by atoms with Crippen molar-refractivity contribution in [2.24, 2.45) is 5.73 Å². The van der Waals surface area contributed by atoms with Gasteiger partial charge in [0, 0.05) is 11.8 Å². The monoisotopic (exact) mass is 378 g/mol. The van der Waals surface area contributed by atoms with Crippen molar-refractivity contribution < 1.29 is 19.1 Å². The van der Waals surface area contributed by atoms with E-state index in [0.717, 1.165) is 22.1 Å². The van der Waals surface area contributed by atoms with E-state index in [9.17, 15) is 9.59 Å². The Balaban J connectivity index is 1.73. The molecule has 0 saturated carbocycles. The van der Waals surface area contributed by atoms with Crippen LogP contribution in [0.1, 0.15) is 18.4 Å². The van der Waals surface area contributed by atoms with E-state index >= 15 is 0 Å². The average Bonchev–Trinajstić information content (AvgIpc) is 2.71. The normalized spacial score (nSPS) is 11.6. The van der Waals surface area contributed by atoms with Crippen LogP contribution in [0.5, 0.6) is 11.5 Å². The number of carbonyl (C=O) groups excluding carboxylic acids is 2. The summed E-state index contributed by atoms with van der Waals surface area (Å²) in [6.07, 6.45) is 0.